The van der Waals surface area contributed by atoms with Crippen LogP contribution in [-0.4, -0.2) is 36.3 Å². The number of nitrogens with one attached hydrogen (secondary N) is 1. The third-order valence-electron chi connectivity index (χ3n) is 5.29. The van der Waals surface area contributed by atoms with Crippen LogP contribution in [0.2, 0.25) is 0 Å². The predicted molar refractivity (Wildman–Crippen MR) is 125 cm³/mol. The van der Waals surface area contributed by atoms with E-state index in [-0.39, 0.29) is 12.5 Å². The highest BCUT2D eigenvalue weighted by Gasteiger charge is 2.16. The van der Waals surface area contributed by atoms with Gasteiger partial charge in [0, 0.05) is 18.0 Å². The summed E-state index contributed by atoms with van der Waals surface area (Å²) >= 11 is 0. The second kappa shape index (κ2) is 8.27. The van der Waals surface area contributed by atoms with E-state index in [4.69, 9.17) is 4.74 Å². The fourth-order valence-corrected chi connectivity index (χ4v) is 3.68. The minimum absolute atomic E-state index is 0.230. The number of ether oxygens (including phenoxy) is 1. The standard InChI is InChI=1S/C24H22N6O3/c1-3-33-21-7-5-4-6-18(21)25-22(31)15-30-24(32)28-12-13-29-20(23(28)27-30)14-19(26-29)17-10-8-16(2)9-11-17/h4-14H,3,15H2,1-2H3,(H,25,31). The van der Waals surface area contributed by atoms with Crippen LogP contribution in [0.4, 0.5) is 5.69 Å². The van der Waals surface area contributed by atoms with Crippen LogP contribution in [0.25, 0.3) is 22.4 Å². The van der Waals surface area contributed by atoms with Gasteiger partial charge < -0.3 is 10.1 Å². The monoisotopic (exact) mass is 442 g/mol. The highest BCUT2D eigenvalue weighted by Crippen LogP contribution is 2.24. The second-order valence-electron chi connectivity index (χ2n) is 7.63. The van der Waals surface area contributed by atoms with E-state index >= 15 is 0 Å². The van der Waals surface area contributed by atoms with Crippen LogP contribution >= 0.6 is 0 Å². The molecule has 0 atom stereocenters. The topological polar surface area (TPSA) is 94.9 Å². The maximum absolute atomic E-state index is 12.9. The molecule has 1 amide bonds. The first-order valence-electron chi connectivity index (χ1n) is 10.6. The first-order valence-corrected chi connectivity index (χ1v) is 10.6. The summed E-state index contributed by atoms with van der Waals surface area (Å²) in [5, 5.41) is 11.8. The lowest BCUT2D eigenvalue weighted by molar-refractivity contribution is -0.117. The van der Waals surface area contributed by atoms with Crippen LogP contribution in [0.15, 0.2) is 71.8 Å². The van der Waals surface area contributed by atoms with E-state index in [2.05, 4.69) is 15.5 Å². The molecular formula is C24H22N6O3. The van der Waals surface area contributed by atoms with Crippen LogP contribution in [0.1, 0.15) is 12.5 Å². The van der Waals surface area contributed by atoms with Crippen molar-refractivity contribution in [3.8, 4) is 17.0 Å². The van der Waals surface area contributed by atoms with E-state index in [0.717, 1.165) is 21.5 Å². The number of para-hydroxylation sites is 2. The molecule has 0 aliphatic rings. The number of carbonyl (C=O) groups is 1. The lowest BCUT2D eigenvalue weighted by Gasteiger charge is -2.10. The van der Waals surface area contributed by atoms with Gasteiger partial charge in [0.15, 0.2) is 5.65 Å². The van der Waals surface area contributed by atoms with Crippen molar-refractivity contribution < 1.29 is 9.53 Å². The molecule has 0 radical (unpaired) electrons. The maximum Gasteiger partial charge on any atom is 0.350 e. The van der Waals surface area contributed by atoms with E-state index in [1.54, 1.807) is 35.1 Å². The van der Waals surface area contributed by atoms with Crippen molar-refractivity contribution in [3.63, 3.8) is 0 Å². The van der Waals surface area contributed by atoms with Crippen LogP contribution in [-0.2, 0) is 11.3 Å². The van der Waals surface area contributed by atoms with Gasteiger partial charge >= 0.3 is 5.69 Å². The minimum Gasteiger partial charge on any atom is -0.492 e. The molecule has 0 saturated carbocycles. The van der Waals surface area contributed by atoms with Gasteiger partial charge in [-0.05, 0) is 32.0 Å². The van der Waals surface area contributed by atoms with E-state index in [0.29, 0.717) is 29.2 Å². The predicted octanol–water partition coefficient (Wildman–Crippen LogP) is 3.16. The van der Waals surface area contributed by atoms with Crippen LogP contribution in [0, 0.1) is 6.92 Å². The Kier molecular flexibility index (Phi) is 5.14. The fraction of sp³-hybridized carbons (Fsp3) is 0.167. The molecular weight excluding hydrogens is 420 g/mol. The average Bonchev–Trinajstić information content (AvgIpc) is 3.37. The molecule has 3 heterocycles. The number of hydrogen-bond acceptors (Lipinski definition) is 5. The summed E-state index contributed by atoms with van der Waals surface area (Å²) < 4.78 is 9.78. The van der Waals surface area contributed by atoms with Crippen molar-refractivity contribution in [2.45, 2.75) is 20.4 Å². The Morgan fingerprint density at radius 1 is 1.06 bits per heavy atom. The number of anilines is 1. The molecule has 0 bridgehead atoms. The Morgan fingerprint density at radius 2 is 1.85 bits per heavy atom. The first-order chi connectivity index (χ1) is 16.0. The summed E-state index contributed by atoms with van der Waals surface area (Å²) in [6.45, 7) is 4.15. The highest BCUT2D eigenvalue weighted by molar-refractivity contribution is 5.92. The average molecular weight is 442 g/mol. The molecule has 0 saturated heterocycles. The smallest absolute Gasteiger partial charge is 0.350 e. The molecule has 1 N–H and O–H groups in total. The highest BCUT2D eigenvalue weighted by atomic mass is 16.5. The third-order valence-corrected chi connectivity index (χ3v) is 5.29. The van der Waals surface area contributed by atoms with Gasteiger partial charge in [0.2, 0.25) is 5.91 Å². The normalized spacial score (nSPS) is 11.2. The van der Waals surface area contributed by atoms with Crippen molar-refractivity contribution in [3.05, 3.63) is 83.0 Å². The zero-order valence-corrected chi connectivity index (χ0v) is 18.2. The lowest BCUT2D eigenvalue weighted by atomic mass is 10.1. The number of carbonyl (C=O) groups excluding carboxylic acids is 1. The van der Waals surface area contributed by atoms with Gasteiger partial charge in [0.05, 0.1) is 18.0 Å². The Bertz CT molecular complexity index is 1530. The van der Waals surface area contributed by atoms with Gasteiger partial charge in [-0.1, -0.05) is 42.0 Å². The van der Waals surface area contributed by atoms with E-state index in [1.165, 1.54) is 4.40 Å². The van der Waals surface area contributed by atoms with Crippen molar-refractivity contribution in [1.82, 2.24) is 23.8 Å². The molecule has 3 aromatic heterocycles. The number of rotatable bonds is 6. The quantitative estimate of drug-likeness (QED) is 0.436. The zero-order chi connectivity index (χ0) is 22.9. The largest absolute Gasteiger partial charge is 0.492 e. The van der Waals surface area contributed by atoms with Gasteiger partial charge in [0.25, 0.3) is 0 Å². The second-order valence-corrected chi connectivity index (χ2v) is 7.63. The van der Waals surface area contributed by atoms with Gasteiger partial charge in [-0.15, -0.1) is 5.10 Å². The summed E-state index contributed by atoms with van der Waals surface area (Å²) in [5.41, 5.74) is 4.15. The van der Waals surface area contributed by atoms with E-state index in [9.17, 15) is 9.59 Å². The first kappa shape index (κ1) is 20.5. The molecule has 5 aromatic rings. The number of aromatic nitrogens is 5. The zero-order valence-electron chi connectivity index (χ0n) is 18.2. The van der Waals surface area contributed by atoms with Crippen LogP contribution in [0.5, 0.6) is 5.75 Å². The molecule has 0 unspecified atom stereocenters. The molecule has 0 spiro atoms. The molecule has 9 nitrogen and oxygen atoms in total. The van der Waals surface area contributed by atoms with Crippen LogP contribution in [0.3, 0.4) is 0 Å². The Labute approximate surface area is 188 Å². The van der Waals surface area contributed by atoms with Gasteiger partial charge in [-0.25, -0.2) is 18.4 Å². The third kappa shape index (κ3) is 3.84. The number of aryl methyl sites for hydroxylation is 1. The van der Waals surface area contributed by atoms with Gasteiger partial charge in [0.1, 0.15) is 17.8 Å². The molecule has 2 aromatic carbocycles. The number of nitrogens with zero attached hydrogens (tertiary/aromatic N) is 5. The van der Waals surface area contributed by atoms with Crippen molar-refractivity contribution >= 4 is 22.8 Å². The van der Waals surface area contributed by atoms with E-state index < -0.39 is 5.69 Å². The van der Waals surface area contributed by atoms with Gasteiger partial charge in [-0.2, -0.15) is 5.10 Å². The minimum atomic E-state index is -0.404. The summed E-state index contributed by atoms with van der Waals surface area (Å²) in [4.78, 5) is 25.5. The molecule has 0 aliphatic carbocycles. The van der Waals surface area contributed by atoms with Crippen LogP contribution < -0.4 is 15.7 Å². The number of hydrogen-bond donors (Lipinski definition) is 1. The molecule has 5 rings (SSSR count). The SMILES string of the molecule is CCOc1ccccc1NC(=O)Cn1nc2c3cc(-c4ccc(C)cc4)nn3ccn2c1=O. The van der Waals surface area contributed by atoms with Gasteiger partial charge in [-0.3, -0.25) is 4.79 Å². The molecule has 166 valence electrons. The number of benzene rings is 2. The molecule has 9 heteroatoms. The number of fused-ring (bicyclic) bond motifs is 3. The molecule has 0 aliphatic heterocycles. The Hall–Kier alpha value is -4.40. The van der Waals surface area contributed by atoms with Crippen molar-refractivity contribution in [2.24, 2.45) is 0 Å². The molecule has 33 heavy (non-hydrogen) atoms. The Morgan fingerprint density at radius 3 is 2.64 bits per heavy atom. The summed E-state index contributed by atoms with van der Waals surface area (Å²) in [6.07, 6.45) is 3.30. The van der Waals surface area contributed by atoms with Crippen molar-refractivity contribution in [2.75, 3.05) is 11.9 Å². The fourth-order valence-electron chi connectivity index (χ4n) is 3.68. The van der Waals surface area contributed by atoms with Crippen molar-refractivity contribution in [1.29, 1.82) is 0 Å². The van der Waals surface area contributed by atoms with E-state index in [1.807, 2.05) is 50.2 Å². The summed E-state index contributed by atoms with van der Waals surface area (Å²) in [7, 11) is 0. The Balaban J connectivity index is 1.46. The summed E-state index contributed by atoms with van der Waals surface area (Å²) in [6, 6.07) is 17.1. The lowest BCUT2D eigenvalue weighted by Crippen LogP contribution is -2.28. The number of amides is 1. The summed E-state index contributed by atoms with van der Waals surface area (Å²) in [5.74, 6) is 0.192. The molecule has 0 fully saturated rings. The maximum atomic E-state index is 12.9.